The number of aromatic nitrogens is 1. The first-order valence-corrected chi connectivity index (χ1v) is 4.73. The van der Waals surface area contributed by atoms with E-state index >= 15 is 0 Å². The number of hydrogen-bond acceptors (Lipinski definition) is 2. The minimum atomic E-state index is -0.349. The zero-order valence-corrected chi connectivity index (χ0v) is 8.67. The van der Waals surface area contributed by atoms with Gasteiger partial charge >= 0.3 is 0 Å². The molecule has 1 rings (SSSR count). The molecular formula is C11H14N2O2. The predicted octanol–water partition coefficient (Wildman–Crippen LogP) is 0.989. The van der Waals surface area contributed by atoms with Crippen molar-refractivity contribution in [3.63, 3.8) is 0 Å². The van der Waals surface area contributed by atoms with Crippen molar-refractivity contribution in [2.45, 2.75) is 13.3 Å². The first-order valence-electron chi connectivity index (χ1n) is 4.73. The molecule has 0 aliphatic carbocycles. The highest BCUT2D eigenvalue weighted by atomic mass is 16.2. The SMILES string of the molecule is C=CCCNC(=O)c1c[nH]c(C)cc1=O. The number of nitrogens with one attached hydrogen (secondary N) is 2. The minimum absolute atomic E-state index is 0.143. The molecule has 4 nitrogen and oxygen atoms in total. The summed E-state index contributed by atoms with van der Waals surface area (Å²) in [5.74, 6) is -0.349. The van der Waals surface area contributed by atoms with E-state index in [1.807, 2.05) is 0 Å². The van der Waals surface area contributed by atoms with E-state index in [2.05, 4.69) is 16.9 Å². The van der Waals surface area contributed by atoms with Crippen LogP contribution in [-0.2, 0) is 0 Å². The van der Waals surface area contributed by atoms with Gasteiger partial charge in [-0.2, -0.15) is 0 Å². The highest BCUT2D eigenvalue weighted by Gasteiger charge is 2.08. The van der Waals surface area contributed by atoms with Gasteiger partial charge < -0.3 is 10.3 Å². The van der Waals surface area contributed by atoms with Crippen LogP contribution >= 0.6 is 0 Å². The van der Waals surface area contributed by atoms with Crippen LogP contribution in [0.5, 0.6) is 0 Å². The van der Waals surface area contributed by atoms with Crippen LogP contribution in [-0.4, -0.2) is 17.4 Å². The van der Waals surface area contributed by atoms with Gasteiger partial charge in [-0.05, 0) is 13.3 Å². The Morgan fingerprint density at radius 2 is 2.40 bits per heavy atom. The highest BCUT2D eigenvalue weighted by Crippen LogP contribution is 1.92. The lowest BCUT2D eigenvalue weighted by Crippen LogP contribution is -2.29. The molecule has 0 atom stereocenters. The summed E-state index contributed by atoms with van der Waals surface area (Å²) in [5.41, 5.74) is 0.620. The van der Waals surface area contributed by atoms with Gasteiger partial charge in [-0.1, -0.05) is 6.08 Å². The van der Waals surface area contributed by atoms with Crippen LogP contribution in [0.4, 0.5) is 0 Å². The largest absolute Gasteiger partial charge is 0.364 e. The van der Waals surface area contributed by atoms with Gasteiger partial charge in [-0.3, -0.25) is 9.59 Å². The van der Waals surface area contributed by atoms with Crippen LogP contribution in [0.25, 0.3) is 0 Å². The molecule has 4 heteroatoms. The smallest absolute Gasteiger partial charge is 0.256 e. The molecule has 0 fully saturated rings. The zero-order valence-electron chi connectivity index (χ0n) is 8.67. The molecule has 0 aliphatic rings. The van der Waals surface area contributed by atoms with Crippen molar-refractivity contribution in [2.24, 2.45) is 0 Å². The summed E-state index contributed by atoms with van der Waals surface area (Å²) in [6, 6.07) is 1.41. The molecule has 1 heterocycles. The molecule has 15 heavy (non-hydrogen) atoms. The topological polar surface area (TPSA) is 62.0 Å². The van der Waals surface area contributed by atoms with E-state index in [0.29, 0.717) is 13.0 Å². The summed E-state index contributed by atoms with van der Waals surface area (Å²) >= 11 is 0. The summed E-state index contributed by atoms with van der Waals surface area (Å²) in [7, 11) is 0. The molecule has 1 aromatic rings. The first-order chi connectivity index (χ1) is 7.15. The molecule has 0 aliphatic heterocycles. The lowest BCUT2D eigenvalue weighted by atomic mass is 10.2. The van der Waals surface area contributed by atoms with Gasteiger partial charge in [0.2, 0.25) is 0 Å². The van der Waals surface area contributed by atoms with Crippen LogP contribution in [0.3, 0.4) is 0 Å². The summed E-state index contributed by atoms with van der Waals surface area (Å²) in [4.78, 5) is 25.7. The van der Waals surface area contributed by atoms with Crippen LogP contribution in [0.1, 0.15) is 22.5 Å². The quantitative estimate of drug-likeness (QED) is 0.570. The number of carbonyl (C=O) groups is 1. The molecule has 0 saturated carbocycles. The highest BCUT2D eigenvalue weighted by molar-refractivity contribution is 5.93. The number of aryl methyl sites for hydroxylation is 1. The zero-order chi connectivity index (χ0) is 11.3. The summed E-state index contributed by atoms with van der Waals surface area (Å²) in [5, 5.41) is 2.63. The Balaban J connectivity index is 2.74. The van der Waals surface area contributed by atoms with E-state index in [1.165, 1.54) is 12.3 Å². The molecular weight excluding hydrogens is 192 g/mol. The molecule has 80 valence electrons. The molecule has 0 radical (unpaired) electrons. The van der Waals surface area contributed by atoms with Gasteiger partial charge in [0, 0.05) is 24.5 Å². The molecule has 0 spiro atoms. The number of hydrogen-bond donors (Lipinski definition) is 2. The number of carbonyl (C=O) groups excluding carboxylic acids is 1. The van der Waals surface area contributed by atoms with Crippen molar-refractivity contribution in [2.75, 3.05) is 6.54 Å². The maximum Gasteiger partial charge on any atom is 0.256 e. The minimum Gasteiger partial charge on any atom is -0.364 e. The van der Waals surface area contributed by atoms with E-state index in [0.717, 1.165) is 5.69 Å². The van der Waals surface area contributed by atoms with Gasteiger partial charge in [-0.25, -0.2) is 0 Å². The van der Waals surface area contributed by atoms with Gasteiger partial charge in [0.25, 0.3) is 5.91 Å². The lowest BCUT2D eigenvalue weighted by Gasteiger charge is -2.02. The van der Waals surface area contributed by atoms with Crippen molar-refractivity contribution < 1.29 is 4.79 Å². The standard InChI is InChI=1S/C11H14N2O2/c1-3-4-5-12-11(15)9-7-13-8(2)6-10(9)14/h3,6-7H,1,4-5H2,2H3,(H,12,15)(H,13,14). The normalized spacial score (nSPS) is 9.67. The fraction of sp³-hybridized carbons (Fsp3) is 0.273. The Hall–Kier alpha value is -1.84. The first kappa shape index (κ1) is 11.2. The maximum atomic E-state index is 11.5. The van der Waals surface area contributed by atoms with Crippen LogP contribution < -0.4 is 10.7 Å². The summed E-state index contributed by atoms with van der Waals surface area (Å²) in [6.45, 7) is 5.80. The van der Waals surface area contributed by atoms with Crippen LogP contribution in [0.15, 0.2) is 29.7 Å². The van der Waals surface area contributed by atoms with Crippen molar-refractivity contribution in [1.82, 2.24) is 10.3 Å². The van der Waals surface area contributed by atoms with Gasteiger partial charge in [0.05, 0.1) is 0 Å². The van der Waals surface area contributed by atoms with Crippen molar-refractivity contribution >= 4 is 5.91 Å². The molecule has 2 N–H and O–H groups in total. The number of rotatable bonds is 4. The Kier molecular flexibility index (Phi) is 3.85. The third-order valence-corrected chi connectivity index (χ3v) is 1.94. The van der Waals surface area contributed by atoms with Gasteiger partial charge in [-0.15, -0.1) is 6.58 Å². The molecule has 1 amide bonds. The molecule has 0 bridgehead atoms. The average molecular weight is 206 g/mol. The number of H-pyrrole nitrogens is 1. The molecule has 0 aromatic carbocycles. The Morgan fingerprint density at radius 3 is 3.00 bits per heavy atom. The predicted molar refractivity (Wildman–Crippen MR) is 58.9 cm³/mol. The Morgan fingerprint density at radius 1 is 1.67 bits per heavy atom. The third kappa shape index (κ3) is 3.09. The fourth-order valence-corrected chi connectivity index (χ4v) is 1.13. The monoisotopic (exact) mass is 206 g/mol. The van der Waals surface area contributed by atoms with Gasteiger partial charge in [0.15, 0.2) is 5.43 Å². The van der Waals surface area contributed by atoms with E-state index in [1.54, 1.807) is 13.0 Å². The van der Waals surface area contributed by atoms with Crippen LogP contribution in [0.2, 0.25) is 0 Å². The molecule has 0 unspecified atom stereocenters. The summed E-state index contributed by atoms with van der Waals surface area (Å²) < 4.78 is 0. The number of amides is 1. The van der Waals surface area contributed by atoms with Crippen molar-refractivity contribution in [3.05, 3.63) is 46.4 Å². The Bertz CT molecular complexity index is 421. The molecule has 1 aromatic heterocycles. The average Bonchev–Trinajstić information content (AvgIpc) is 2.17. The fourth-order valence-electron chi connectivity index (χ4n) is 1.13. The van der Waals surface area contributed by atoms with E-state index in [4.69, 9.17) is 0 Å². The maximum absolute atomic E-state index is 11.5. The third-order valence-electron chi connectivity index (χ3n) is 1.94. The summed E-state index contributed by atoms with van der Waals surface area (Å²) in [6.07, 6.45) is 3.83. The lowest BCUT2D eigenvalue weighted by molar-refractivity contribution is 0.0953. The van der Waals surface area contributed by atoms with Crippen molar-refractivity contribution in [1.29, 1.82) is 0 Å². The van der Waals surface area contributed by atoms with Crippen molar-refractivity contribution in [3.8, 4) is 0 Å². The van der Waals surface area contributed by atoms with E-state index in [9.17, 15) is 9.59 Å². The molecule has 0 saturated heterocycles. The van der Waals surface area contributed by atoms with E-state index in [-0.39, 0.29) is 16.9 Å². The van der Waals surface area contributed by atoms with Crippen LogP contribution in [0, 0.1) is 6.92 Å². The second kappa shape index (κ2) is 5.14. The second-order valence-corrected chi connectivity index (χ2v) is 3.23. The van der Waals surface area contributed by atoms with Gasteiger partial charge in [0.1, 0.15) is 5.56 Å². The number of pyridine rings is 1. The second-order valence-electron chi connectivity index (χ2n) is 3.23. The van der Waals surface area contributed by atoms with E-state index < -0.39 is 0 Å². The number of aromatic amines is 1. The Labute approximate surface area is 88.0 Å².